The summed E-state index contributed by atoms with van der Waals surface area (Å²) < 4.78 is 5.26. The predicted molar refractivity (Wildman–Crippen MR) is 130 cm³/mol. The molecule has 0 radical (unpaired) electrons. The highest BCUT2D eigenvalue weighted by Gasteiger charge is 2.06. The maximum atomic E-state index is 5.26. The lowest BCUT2D eigenvalue weighted by atomic mass is 10.2. The number of ether oxygens (including phenoxy) is 1. The Morgan fingerprint density at radius 3 is 2.79 bits per heavy atom. The maximum Gasteiger partial charge on any atom is 0.191 e. The number of nitrogens with one attached hydrogen (secondary N) is 2. The van der Waals surface area contributed by atoms with Gasteiger partial charge in [0.1, 0.15) is 5.75 Å². The molecule has 5 nitrogen and oxygen atoms in total. The van der Waals surface area contributed by atoms with Crippen LogP contribution < -0.4 is 15.4 Å². The Hall–Kier alpha value is -1.65. The molecular formula is C20H25IN4OS2. The number of halogens is 1. The van der Waals surface area contributed by atoms with Gasteiger partial charge in [-0.25, -0.2) is 4.98 Å². The first-order valence-corrected chi connectivity index (χ1v) is 10.5. The van der Waals surface area contributed by atoms with Crippen LogP contribution in [0.3, 0.4) is 0 Å². The Labute approximate surface area is 191 Å². The minimum absolute atomic E-state index is 0. The summed E-state index contributed by atoms with van der Waals surface area (Å²) in [6.45, 7) is 3.56. The quantitative estimate of drug-likeness (QED) is 0.265. The number of hydrogen-bond donors (Lipinski definition) is 2. The second kappa shape index (κ2) is 11.4. The van der Waals surface area contributed by atoms with Crippen LogP contribution in [0.25, 0.3) is 10.6 Å². The van der Waals surface area contributed by atoms with Crippen molar-refractivity contribution in [3.05, 3.63) is 57.2 Å². The van der Waals surface area contributed by atoms with E-state index in [-0.39, 0.29) is 24.0 Å². The number of rotatable bonds is 7. The number of methoxy groups -OCH3 is 1. The molecule has 1 aromatic carbocycles. The molecule has 0 fully saturated rings. The molecule has 0 bridgehead atoms. The van der Waals surface area contributed by atoms with Crippen molar-refractivity contribution in [1.82, 2.24) is 15.6 Å². The molecule has 0 aliphatic carbocycles. The summed E-state index contributed by atoms with van der Waals surface area (Å²) in [7, 11) is 3.47. The number of thiophene rings is 1. The van der Waals surface area contributed by atoms with E-state index in [0.717, 1.165) is 40.9 Å². The van der Waals surface area contributed by atoms with Crippen LogP contribution in [0.4, 0.5) is 0 Å². The van der Waals surface area contributed by atoms with Gasteiger partial charge < -0.3 is 15.4 Å². The van der Waals surface area contributed by atoms with Crippen molar-refractivity contribution in [1.29, 1.82) is 0 Å². The number of guanidine groups is 1. The van der Waals surface area contributed by atoms with Crippen molar-refractivity contribution in [2.24, 2.45) is 4.99 Å². The van der Waals surface area contributed by atoms with E-state index in [4.69, 9.17) is 4.74 Å². The van der Waals surface area contributed by atoms with Gasteiger partial charge in [0.25, 0.3) is 0 Å². The van der Waals surface area contributed by atoms with E-state index in [2.05, 4.69) is 44.2 Å². The Morgan fingerprint density at radius 2 is 2.07 bits per heavy atom. The first kappa shape index (κ1) is 22.6. The smallest absolute Gasteiger partial charge is 0.191 e. The normalized spacial score (nSPS) is 11.0. The van der Waals surface area contributed by atoms with Crippen LogP contribution in [0.2, 0.25) is 0 Å². The van der Waals surface area contributed by atoms with E-state index in [1.54, 1.807) is 36.8 Å². The van der Waals surface area contributed by atoms with Gasteiger partial charge in [-0.3, -0.25) is 4.99 Å². The summed E-state index contributed by atoms with van der Waals surface area (Å²) in [6.07, 6.45) is 0.952. The minimum Gasteiger partial charge on any atom is -0.497 e. The van der Waals surface area contributed by atoms with Crippen LogP contribution >= 0.6 is 46.7 Å². The van der Waals surface area contributed by atoms with Crippen LogP contribution in [-0.2, 0) is 13.0 Å². The number of nitrogens with zero attached hydrogens (tertiary/aromatic N) is 2. The molecule has 150 valence electrons. The highest BCUT2D eigenvalue weighted by atomic mass is 127. The van der Waals surface area contributed by atoms with Gasteiger partial charge in [0.2, 0.25) is 0 Å². The first-order valence-electron chi connectivity index (χ1n) is 8.76. The molecule has 0 spiro atoms. The summed E-state index contributed by atoms with van der Waals surface area (Å²) in [5.74, 6) is 1.66. The topological polar surface area (TPSA) is 58.5 Å². The summed E-state index contributed by atoms with van der Waals surface area (Å²) >= 11 is 3.49. The zero-order chi connectivity index (χ0) is 19.1. The summed E-state index contributed by atoms with van der Waals surface area (Å²) in [5, 5.41) is 9.93. The highest BCUT2D eigenvalue weighted by molar-refractivity contribution is 14.0. The van der Waals surface area contributed by atoms with Gasteiger partial charge in [0.15, 0.2) is 5.96 Å². The van der Waals surface area contributed by atoms with Crippen LogP contribution in [0.5, 0.6) is 5.75 Å². The zero-order valence-electron chi connectivity index (χ0n) is 16.2. The molecule has 2 aromatic heterocycles. The van der Waals surface area contributed by atoms with E-state index in [9.17, 15) is 0 Å². The number of aromatic nitrogens is 1. The summed E-state index contributed by atoms with van der Waals surface area (Å²) in [6, 6.07) is 12.4. The molecule has 0 saturated heterocycles. The lowest BCUT2D eigenvalue weighted by Gasteiger charge is -2.12. The third-order valence-electron chi connectivity index (χ3n) is 4.01. The van der Waals surface area contributed by atoms with E-state index in [1.165, 1.54) is 9.75 Å². The molecule has 3 rings (SSSR count). The molecule has 0 unspecified atom stereocenters. The number of aliphatic imine (C=N–C) groups is 1. The molecule has 28 heavy (non-hydrogen) atoms. The van der Waals surface area contributed by atoms with Crippen LogP contribution in [-0.4, -0.2) is 31.6 Å². The Morgan fingerprint density at radius 1 is 1.21 bits per heavy atom. The molecule has 0 amide bonds. The third-order valence-corrected chi connectivity index (χ3v) is 5.96. The van der Waals surface area contributed by atoms with Gasteiger partial charge in [-0.2, -0.15) is 0 Å². The molecule has 2 N–H and O–H groups in total. The number of thiazole rings is 1. The van der Waals surface area contributed by atoms with Crippen molar-refractivity contribution in [2.45, 2.75) is 19.9 Å². The molecule has 0 aliphatic rings. The monoisotopic (exact) mass is 528 g/mol. The molecule has 0 atom stereocenters. The molecule has 0 saturated carbocycles. The molecular weight excluding hydrogens is 503 g/mol. The molecule has 2 heterocycles. The maximum absolute atomic E-state index is 5.26. The lowest BCUT2D eigenvalue weighted by molar-refractivity contribution is 0.414. The van der Waals surface area contributed by atoms with Gasteiger partial charge >= 0.3 is 0 Å². The first-order chi connectivity index (χ1) is 13.2. The van der Waals surface area contributed by atoms with Gasteiger partial charge in [0, 0.05) is 30.4 Å². The fourth-order valence-corrected chi connectivity index (χ4v) is 4.27. The number of aryl methyl sites for hydroxylation is 1. The fourth-order valence-electron chi connectivity index (χ4n) is 2.62. The lowest BCUT2D eigenvalue weighted by Crippen LogP contribution is -2.37. The summed E-state index contributed by atoms with van der Waals surface area (Å²) in [5.41, 5.74) is 2.23. The molecule has 8 heteroatoms. The molecule has 3 aromatic rings. The predicted octanol–water partition coefficient (Wildman–Crippen LogP) is 4.71. The Bertz CT molecular complexity index is 907. The van der Waals surface area contributed by atoms with Crippen molar-refractivity contribution in [3.8, 4) is 16.3 Å². The number of hydrogen-bond acceptors (Lipinski definition) is 5. The van der Waals surface area contributed by atoms with E-state index in [1.807, 2.05) is 25.1 Å². The SMILES string of the molecule is CN=C(NCCc1ccc(-c2csc(C)n2)s1)NCc1cccc(OC)c1.I. The second-order valence-corrected chi connectivity index (χ2v) is 8.20. The largest absolute Gasteiger partial charge is 0.497 e. The van der Waals surface area contributed by atoms with Crippen molar-refractivity contribution in [2.75, 3.05) is 20.7 Å². The van der Waals surface area contributed by atoms with E-state index in [0.29, 0.717) is 6.54 Å². The van der Waals surface area contributed by atoms with Crippen molar-refractivity contribution >= 4 is 52.6 Å². The fraction of sp³-hybridized carbons (Fsp3) is 0.300. The average molecular weight is 528 g/mol. The van der Waals surface area contributed by atoms with E-state index >= 15 is 0 Å². The third kappa shape index (κ3) is 6.46. The van der Waals surface area contributed by atoms with Gasteiger partial charge in [-0.1, -0.05) is 12.1 Å². The zero-order valence-corrected chi connectivity index (χ0v) is 20.2. The van der Waals surface area contributed by atoms with Gasteiger partial charge in [-0.05, 0) is 43.2 Å². The van der Waals surface area contributed by atoms with Crippen molar-refractivity contribution < 1.29 is 4.74 Å². The highest BCUT2D eigenvalue weighted by Crippen LogP contribution is 2.29. The van der Waals surface area contributed by atoms with Gasteiger partial charge in [-0.15, -0.1) is 46.7 Å². The van der Waals surface area contributed by atoms with E-state index < -0.39 is 0 Å². The van der Waals surface area contributed by atoms with Crippen molar-refractivity contribution in [3.63, 3.8) is 0 Å². The van der Waals surface area contributed by atoms with Crippen LogP contribution in [0.15, 0.2) is 46.8 Å². The molecule has 0 aliphatic heterocycles. The Balaban J connectivity index is 0.00000280. The average Bonchev–Trinajstić information content (AvgIpc) is 3.33. The minimum atomic E-state index is 0. The standard InChI is InChI=1S/C20H24N4OS2.HI/c1-14-24-18(13-26-14)19-8-7-17(27-19)9-10-22-20(21-2)23-12-15-5-4-6-16(11-15)25-3;/h4-8,11,13H,9-10,12H2,1-3H3,(H2,21,22,23);1H. The van der Waals surface area contributed by atoms with Gasteiger partial charge in [0.05, 0.1) is 22.7 Å². The van der Waals surface area contributed by atoms with Crippen LogP contribution in [0.1, 0.15) is 15.4 Å². The van der Waals surface area contributed by atoms with Crippen LogP contribution in [0, 0.1) is 6.92 Å². The Kier molecular flexibility index (Phi) is 9.20. The number of benzene rings is 1. The summed E-state index contributed by atoms with van der Waals surface area (Å²) in [4.78, 5) is 11.4. The second-order valence-electron chi connectivity index (χ2n) is 5.97.